The Hall–Kier alpha value is -1.07. The highest BCUT2D eigenvalue weighted by Crippen LogP contribution is 2.22. The van der Waals surface area contributed by atoms with Gasteiger partial charge in [-0.15, -0.1) is 0 Å². The molecule has 1 rings (SSSR count). The summed E-state index contributed by atoms with van der Waals surface area (Å²) in [4.78, 5) is 10.1. The standard InChI is InChI=1S/C11H19ClN4O/c1-4-5-13-6-7-16(2)10-9(12)8-14-11(15-10)17-3/h8,13H,4-7H2,1-3H3. The molecule has 1 aromatic heterocycles. The summed E-state index contributed by atoms with van der Waals surface area (Å²) in [6.07, 6.45) is 2.69. The Balaban J connectivity index is 2.57. The van der Waals surface area contributed by atoms with E-state index in [4.69, 9.17) is 16.3 Å². The highest BCUT2D eigenvalue weighted by Gasteiger charge is 2.10. The average molecular weight is 259 g/mol. The predicted molar refractivity (Wildman–Crippen MR) is 70.0 cm³/mol. The van der Waals surface area contributed by atoms with Crippen molar-refractivity contribution in [2.45, 2.75) is 13.3 Å². The van der Waals surface area contributed by atoms with Crippen LogP contribution in [0, 0.1) is 0 Å². The molecule has 0 spiro atoms. The fourth-order valence-electron chi connectivity index (χ4n) is 1.36. The summed E-state index contributed by atoms with van der Waals surface area (Å²) in [5, 5.41) is 3.86. The minimum atomic E-state index is 0.331. The Labute approximate surface area is 107 Å². The van der Waals surface area contributed by atoms with Gasteiger partial charge < -0.3 is 15.0 Å². The Kier molecular flexibility index (Phi) is 6.00. The molecule has 0 radical (unpaired) electrons. The molecule has 0 aliphatic carbocycles. The molecule has 0 fully saturated rings. The van der Waals surface area contributed by atoms with E-state index in [1.807, 2.05) is 11.9 Å². The van der Waals surface area contributed by atoms with Gasteiger partial charge in [-0.2, -0.15) is 4.98 Å². The van der Waals surface area contributed by atoms with Gasteiger partial charge in [-0.25, -0.2) is 4.98 Å². The van der Waals surface area contributed by atoms with Crippen LogP contribution in [0.4, 0.5) is 5.82 Å². The number of methoxy groups -OCH3 is 1. The van der Waals surface area contributed by atoms with E-state index in [-0.39, 0.29) is 0 Å². The van der Waals surface area contributed by atoms with Crippen LogP contribution in [0.1, 0.15) is 13.3 Å². The van der Waals surface area contributed by atoms with Crippen LogP contribution in [0.2, 0.25) is 5.02 Å². The van der Waals surface area contributed by atoms with Crippen molar-refractivity contribution in [1.82, 2.24) is 15.3 Å². The minimum absolute atomic E-state index is 0.331. The molecule has 0 saturated carbocycles. The quantitative estimate of drug-likeness (QED) is 0.753. The summed E-state index contributed by atoms with van der Waals surface area (Å²) in [6, 6.07) is 0.331. The van der Waals surface area contributed by atoms with E-state index in [1.54, 1.807) is 6.20 Å². The first kappa shape index (κ1) is 14.0. The van der Waals surface area contributed by atoms with Crippen LogP contribution in [-0.4, -0.2) is 43.8 Å². The Morgan fingerprint density at radius 2 is 2.24 bits per heavy atom. The maximum atomic E-state index is 6.05. The molecule has 5 nitrogen and oxygen atoms in total. The summed E-state index contributed by atoms with van der Waals surface area (Å²) in [7, 11) is 3.48. The summed E-state index contributed by atoms with van der Waals surface area (Å²) < 4.78 is 4.98. The minimum Gasteiger partial charge on any atom is -0.467 e. The van der Waals surface area contributed by atoms with E-state index < -0.39 is 0 Å². The number of likely N-dealkylation sites (N-methyl/N-ethyl adjacent to an activating group) is 1. The lowest BCUT2D eigenvalue weighted by Crippen LogP contribution is -2.30. The van der Waals surface area contributed by atoms with Crippen LogP contribution in [0.5, 0.6) is 6.01 Å². The van der Waals surface area contributed by atoms with E-state index in [1.165, 1.54) is 7.11 Å². The predicted octanol–water partition coefficient (Wildman–Crippen LogP) is 1.57. The van der Waals surface area contributed by atoms with Crippen molar-refractivity contribution < 1.29 is 4.74 Å². The van der Waals surface area contributed by atoms with Crippen molar-refractivity contribution in [3.63, 3.8) is 0 Å². The molecule has 17 heavy (non-hydrogen) atoms. The molecule has 1 heterocycles. The zero-order valence-corrected chi connectivity index (χ0v) is 11.3. The number of aromatic nitrogens is 2. The second-order valence-electron chi connectivity index (χ2n) is 3.70. The molecule has 0 saturated heterocycles. The largest absolute Gasteiger partial charge is 0.467 e. The van der Waals surface area contributed by atoms with E-state index in [0.717, 1.165) is 26.1 Å². The molecule has 96 valence electrons. The Morgan fingerprint density at radius 3 is 2.88 bits per heavy atom. The third kappa shape index (κ3) is 4.36. The third-order valence-electron chi connectivity index (χ3n) is 2.30. The molecule has 0 atom stereocenters. The number of nitrogens with zero attached hydrogens (tertiary/aromatic N) is 3. The molecule has 1 N–H and O–H groups in total. The maximum Gasteiger partial charge on any atom is 0.318 e. The summed E-state index contributed by atoms with van der Waals surface area (Å²) in [6.45, 7) is 4.89. The van der Waals surface area contributed by atoms with E-state index in [2.05, 4.69) is 22.2 Å². The number of anilines is 1. The lowest BCUT2D eigenvalue weighted by atomic mass is 10.4. The second kappa shape index (κ2) is 7.29. The van der Waals surface area contributed by atoms with Gasteiger partial charge in [0.15, 0.2) is 5.82 Å². The van der Waals surface area contributed by atoms with Crippen LogP contribution >= 0.6 is 11.6 Å². The number of hydrogen-bond donors (Lipinski definition) is 1. The van der Waals surface area contributed by atoms with Gasteiger partial charge in [0.05, 0.1) is 13.3 Å². The monoisotopic (exact) mass is 258 g/mol. The first-order chi connectivity index (χ1) is 8.19. The van der Waals surface area contributed by atoms with Crippen LogP contribution in [-0.2, 0) is 0 Å². The molecular weight excluding hydrogens is 240 g/mol. The highest BCUT2D eigenvalue weighted by molar-refractivity contribution is 6.32. The van der Waals surface area contributed by atoms with E-state index in [0.29, 0.717) is 16.9 Å². The summed E-state index contributed by atoms with van der Waals surface area (Å²) >= 11 is 6.05. The second-order valence-corrected chi connectivity index (χ2v) is 4.11. The first-order valence-corrected chi connectivity index (χ1v) is 6.05. The summed E-state index contributed by atoms with van der Waals surface area (Å²) in [5.74, 6) is 0.691. The highest BCUT2D eigenvalue weighted by atomic mass is 35.5. The summed E-state index contributed by atoms with van der Waals surface area (Å²) in [5.41, 5.74) is 0. The topological polar surface area (TPSA) is 50.3 Å². The molecule has 6 heteroatoms. The molecular formula is C11H19ClN4O. The van der Waals surface area contributed by atoms with Gasteiger partial charge in [0, 0.05) is 20.1 Å². The van der Waals surface area contributed by atoms with Gasteiger partial charge in [0.2, 0.25) is 0 Å². The van der Waals surface area contributed by atoms with E-state index in [9.17, 15) is 0 Å². The van der Waals surface area contributed by atoms with Gasteiger partial charge in [0.25, 0.3) is 0 Å². The fraction of sp³-hybridized carbons (Fsp3) is 0.636. The molecule has 0 aliphatic heterocycles. The maximum absolute atomic E-state index is 6.05. The molecule has 0 unspecified atom stereocenters. The van der Waals surface area contributed by atoms with Crippen molar-refractivity contribution in [3.8, 4) is 6.01 Å². The van der Waals surface area contributed by atoms with Crippen molar-refractivity contribution in [2.75, 3.05) is 38.7 Å². The average Bonchev–Trinajstić information content (AvgIpc) is 2.35. The lowest BCUT2D eigenvalue weighted by molar-refractivity contribution is 0.380. The van der Waals surface area contributed by atoms with Crippen LogP contribution in [0.25, 0.3) is 0 Å². The van der Waals surface area contributed by atoms with Crippen LogP contribution < -0.4 is 15.0 Å². The lowest BCUT2D eigenvalue weighted by Gasteiger charge is -2.19. The zero-order chi connectivity index (χ0) is 12.7. The third-order valence-corrected chi connectivity index (χ3v) is 2.57. The van der Waals surface area contributed by atoms with E-state index >= 15 is 0 Å². The van der Waals surface area contributed by atoms with Crippen LogP contribution in [0.3, 0.4) is 0 Å². The molecule has 0 bridgehead atoms. The first-order valence-electron chi connectivity index (χ1n) is 5.67. The zero-order valence-electron chi connectivity index (χ0n) is 10.5. The van der Waals surface area contributed by atoms with Gasteiger partial charge in [0.1, 0.15) is 5.02 Å². The number of nitrogens with one attached hydrogen (secondary N) is 1. The Morgan fingerprint density at radius 1 is 1.47 bits per heavy atom. The SMILES string of the molecule is CCCNCCN(C)c1nc(OC)ncc1Cl. The van der Waals surface area contributed by atoms with Crippen molar-refractivity contribution in [1.29, 1.82) is 0 Å². The van der Waals surface area contributed by atoms with Crippen LogP contribution in [0.15, 0.2) is 6.20 Å². The van der Waals surface area contributed by atoms with Gasteiger partial charge >= 0.3 is 6.01 Å². The van der Waals surface area contributed by atoms with Crippen molar-refractivity contribution in [2.24, 2.45) is 0 Å². The molecule has 0 amide bonds. The number of hydrogen-bond acceptors (Lipinski definition) is 5. The fourth-order valence-corrected chi connectivity index (χ4v) is 1.60. The number of ether oxygens (including phenoxy) is 1. The van der Waals surface area contributed by atoms with Crippen molar-refractivity contribution in [3.05, 3.63) is 11.2 Å². The smallest absolute Gasteiger partial charge is 0.318 e. The molecule has 1 aromatic rings. The molecule has 0 aliphatic rings. The van der Waals surface area contributed by atoms with Gasteiger partial charge in [-0.1, -0.05) is 18.5 Å². The Bertz CT molecular complexity index is 348. The normalized spacial score (nSPS) is 10.4. The molecule has 0 aromatic carbocycles. The van der Waals surface area contributed by atoms with Gasteiger partial charge in [-0.05, 0) is 13.0 Å². The number of rotatable bonds is 7. The number of halogens is 1. The van der Waals surface area contributed by atoms with Gasteiger partial charge in [-0.3, -0.25) is 0 Å². The van der Waals surface area contributed by atoms with Crippen molar-refractivity contribution >= 4 is 17.4 Å².